The summed E-state index contributed by atoms with van der Waals surface area (Å²) in [5.74, 6) is 0.433. The molecule has 1 unspecified atom stereocenters. The number of amides is 1. The molecule has 2 aromatic heterocycles. The smallest absolute Gasteiger partial charge is 0.271 e. The highest BCUT2D eigenvalue weighted by molar-refractivity contribution is 7.07. The Morgan fingerprint density at radius 1 is 1.33 bits per heavy atom. The van der Waals surface area contributed by atoms with Crippen molar-refractivity contribution >= 4 is 17.2 Å². The van der Waals surface area contributed by atoms with Gasteiger partial charge in [-0.15, -0.1) is 0 Å². The van der Waals surface area contributed by atoms with Crippen molar-refractivity contribution in [2.24, 2.45) is 0 Å². The first-order chi connectivity index (χ1) is 11.7. The predicted molar refractivity (Wildman–Crippen MR) is 91.7 cm³/mol. The van der Waals surface area contributed by atoms with E-state index in [1.807, 2.05) is 41.1 Å². The van der Waals surface area contributed by atoms with Crippen LogP contribution in [-0.2, 0) is 0 Å². The standard InChI is InChI=1S/C17H17N3O3S/c1-23-14-4-2-13(3-5-14)20-8-6-15(19-20)17(22)18-10-16(21)12-7-9-24-11-12/h2-9,11,16,21H,10H2,1H3,(H,18,22). The van der Waals surface area contributed by atoms with E-state index in [-0.39, 0.29) is 12.5 Å². The molecule has 0 spiro atoms. The van der Waals surface area contributed by atoms with Gasteiger partial charge in [0.05, 0.1) is 18.9 Å². The average molecular weight is 343 g/mol. The van der Waals surface area contributed by atoms with Crippen LogP contribution in [0.4, 0.5) is 0 Å². The van der Waals surface area contributed by atoms with Crippen LogP contribution in [0.2, 0.25) is 0 Å². The Bertz CT molecular complexity index is 797. The lowest BCUT2D eigenvalue weighted by atomic mass is 10.2. The molecule has 0 bridgehead atoms. The van der Waals surface area contributed by atoms with E-state index in [1.165, 1.54) is 11.3 Å². The number of hydrogen-bond acceptors (Lipinski definition) is 5. The summed E-state index contributed by atoms with van der Waals surface area (Å²) in [6.07, 6.45) is 0.996. The molecule has 0 saturated heterocycles. The number of thiophene rings is 1. The number of aliphatic hydroxyl groups is 1. The van der Waals surface area contributed by atoms with Crippen LogP contribution in [0.1, 0.15) is 22.2 Å². The third-order valence-corrected chi connectivity index (χ3v) is 4.24. The zero-order chi connectivity index (χ0) is 16.9. The van der Waals surface area contributed by atoms with Crippen molar-refractivity contribution in [2.45, 2.75) is 6.10 Å². The molecule has 1 amide bonds. The lowest BCUT2D eigenvalue weighted by Gasteiger charge is -2.09. The van der Waals surface area contributed by atoms with E-state index in [0.717, 1.165) is 17.0 Å². The van der Waals surface area contributed by atoms with Crippen molar-refractivity contribution in [1.82, 2.24) is 15.1 Å². The molecule has 6 nitrogen and oxygen atoms in total. The fourth-order valence-corrected chi connectivity index (χ4v) is 2.89. The first-order valence-corrected chi connectivity index (χ1v) is 8.30. The van der Waals surface area contributed by atoms with Crippen molar-refractivity contribution in [3.05, 3.63) is 64.6 Å². The van der Waals surface area contributed by atoms with Crippen molar-refractivity contribution < 1.29 is 14.6 Å². The van der Waals surface area contributed by atoms with E-state index in [1.54, 1.807) is 24.1 Å². The summed E-state index contributed by atoms with van der Waals surface area (Å²) in [6, 6.07) is 10.8. The molecule has 0 aliphatic rings. The quantitative estimate of drug-likeness (QED) is 0.721. The lowest BCUT2D eigenvalue weighted by Crippen LogP contribution is -2.28. The molecule has 1 atom stereocenters. The van der Waals surface area contributed by atoms with Gasteiger partial charge in [0.2, 0.25) is 0 Å². The third-order valence-electron chi connectivity index (χ3n) is 3.54. The molecule has 0 aliphatic carbocycles. The van der Waals surface area contributed by atoms with E-state index >= 15 is 0 Å². The third kappa shape index (κ3) is 3.64. The summed E-state index contributed by atoms with van der Waals surface area (Å²) in [6.45, 7) is 0.144. The topological polar surface area (TPSA) is 76.4 Å². The minimum atomic E-state index is -0.719. The number of nitrogens with zero attached hydrogens (tertiary/aromatic N) is 2. The van der Waals surface area contributed by atoms with E-state index in [2.05, 4.69) is 10.4 Å². The van der Waals surface area contributed by atoms with Crippen molar-refractivity contribution in [1.29, 1.82) is 0 Å². The molecule has 1 aromatic carbocycles. The van der Waals surface area contributed by atoms with Gasteiger partial charge in [0.1, 0.15) is 5.75 Å². The number of nitrogens with one attached hydrogen (secondary N) is 1. The minimum absolute atomic E-state index is 0.144. The highest BCUT2D eigenvalue weighted by Crippen LogP contribution is 2.16. The van der Waals surface area contributed by atoms with Gasteiger partial charge in [0.15, 0.2) is 5.69 Å². The molecular formula is C17H17N3O3S. The second kappa shape index (κ2) is 7.29. The zero-order valence-corrected chi connectivity index (χ0v) is 13.9. The maximum Gasteiger partial charge on any atom is 0.271 e. The molecule has 0 radical (unpaired) electrons. The van der Waals surface area contributed by atoms with Gasteiger partial charge >= 0.3 is 0 Å². The Kier molecular flexibility index (Phi) is 4.93. The lowest BCUT2D eigenvalue weighted by molar-refractivity contribution is 0.0911. The second-order valence-corrected chi connectivity index (χ2v) is 5.91. The summed E-state index contributed by atoms with van der Waals surface area (Å²) < 4.78 is 6.73. The highest BCUT2D eigenvalue weighted by Gasteiger charge is 2.13. The van der Waals surface area contributed by atoms with E-state index in [9.17, 15) is 9.90 Å². The van der Waals surface area contributed by atoms with Gasteiger partial charge in [-0.05, 0) is 52.7 Å². The number of ether oxygens (including phenoxy) is 1. The average Bonchev–Trinajstić information content (AvgIpc) is 3.31. The molecule has 0 fully saturated rings. The number of aliphatic hydroxyl groups excluding tert-OH is 1. The van der Waals surface area contributed by atoms with Gasteiger partial charge in [-0.3, -0.25) is 4.79 Å². The summed E-state index contributed by atoms with van der Waals surface area (Å²) >= 11 is 1.50. The molecule has 0 saturated carbocycles. The molecule has 2 N–H and O–H groups in total. The maximum atomic E-state index is 12.1. The normalized spacial score (nSPS) is 11.9. The van der Waals surface area contributed by atoms with Crippen LogP contribution in [-0.4, -0.2) is 34.4 Å². The van der Waals surface area contributed by atoms with Crippen LogP contribution in [0.25, 0.3) is 5.69 Å². The number of aromatic nitrogens is 2. The summed E-state index contributed by atoms with van der Waals surface area (Å²) in [5, 5.41) is 20.7. The zero-order valence-electron chi connectivity index (χ0n) is 13.0. The molecular weight excluding hydrogens is 326 g/mol. The first kappa shape index (κ1) is 16.2. The largest absolute Gasteiger partial charge is 0.497 e. The maximum absolute atomic E-state index is 12.1. The molecule has 24 heavy (non-hydrogen) atoms. The fraction of sp³-hybridized carbons (Fsp3) is 0.176. The van der Waals surface area contributed by atoms with E-state index < -0.39 is 6.10 Å². The Morgan fingerprint density at radius 3 is 2.79 bits per heavy atom. The Balaban J connectivity index is 1.62. The Morgan fingerprint density at radius 2 is 2.12 bits per heavy atom. The van der Waals surface area contributed by atoms with Crippen molar-refractivity contribution in [2.75, 3.05) is 13.7 Å². The summed E-state index contributed by atoms with van der Waals surface area (Å²) in [7, 11) is 1.61. The molecule has 2 heterocycles. The molecule has 0 aliphatic heterocycles. The number of hydrogen-bond donors (Lipinski definition) is 2. The van der Waals surface area contributed by atoms with Gasteiger partial charge in [0, 0.05) is 12.7 Å². The molecule has 3 aromatic rings. The number of carbonyl (C=O) groups is 1. The number of carbonyl (C=O) groups excluding carboxylic acids is 1. The Labute approximate surface area is 143 Å². The van der Waals surface area contributed by atoms with Crippen LogP contribution < -0.4 is 10.1 Å². The van der Waals surface area contributed by atoms with Gasteiger partial charge < -0.3 is 15.2 Å². The van der Waals surface area contributed by atoms with Gasteiger partial charge in [-0.2, -0.15) is 16.4 Å². The number of methoxy groups -OCH3 is 1. The minimum Gasteiger partial charge on any atom is -0.497 e. The number of rotatable bonds is 6. The predicted octanol–water partition coefficient (Wildman–Crippen LogP) is 2.41. The highest BCUT2D eigenvalue weighted by atomic mass is 32.1. The van der Waals surface area contributed by atoms with Crippen LogP contribution in [0.5, 0.6) is 5.75 Å². The monoisotopic (exact) mass is 343 g/mol. The van der Waals surface area contributed by atoms with Crippen LogP contribution in [0, 0.1) is 0 Å². The van der Waals surface area contributed by atoms with Gasteiger partial charge in [-0.25, -0.2) is 4.68 Å². The fourth-order valence-electron chi connectivity index (χ4n) is 2.19. The summed E-state index contributed by atoms with van der Waals surface area (Å²) in [4.78, 5) is 12.1. The SMILES string of the molecule is COc1ccc(-n2ccc(C(=O)NCC(O)c3ccsc3)n2)cc1. The Hall–Kier alpha value is -2.64. The van der Waals surface area contributed by atoms with Crippen molar-refractivity contribution in [3.63, 3.8) is 0 Å². The van der Waals surface area contributed by atoms with E-state index in [4.69, 9.17) is 4.74 Å². The first-order valence-electron chi connectivity index (χ1n) is 7.36. The number of benzene rings is 1. The van der Waals surface area contributed by atoms with Crippen LogP contribution in [0.15, 0.2) is 53.4 Å². The van der Waals surface area contributed by atoms with Gasteiger partial charge in [0.25, 0.3) is 5.91 Å². The molecule has 7 heteroatoms. The summed E-state index contributed by atoms with van der Waals surface area (Å²) in [5.41, 5.74) is 1.92. The second-order valence-electron chi connectivity index (χ2n) is 5.13. The van der Waals surface area contributed by atoms with E-state index in [0.29, 0.717) is 5.69 Å². The molecule has 3 rings (SSSR count). The van der Waals surface area contributed by atoms with Crippen molar-refractivity contribution in [3.8, 4) is 11.4 Å². The van der Waals surface area contributed by atoms with Crippen LogP contribution >= 0.6 is 11.3 Å². The molecule has 124 valence electrons. The van der Waals surface area contributed by atoms with Gasteiger partial charge in [-0.1, -0.05) is 0 Å². The van der Waals surface area contributed by atoms with Crippen LogP contribution in [0.3, 0.4) is 0 Å².